The van der Waals surface area contributed by atoms with E-state index in [-0.39, 0.29) is 17.0 Å². The highest BCUT2D eigenvalue weighted by Gasteiger charge is 2.42. The Labute approximate surface area is 110 Å². The lowest BCUT2D eigenvalue weighted by Crippen LogP contribution is -2.27. The fourth-order valence-corrected chi connectivity index (χ4v) is 4.54. The molecule has 2 nitrogen and oxygen atoms in total. The highest BCUT2D eigenvalue weighted by Crippen LogP contribution is 2.41. The van der Waals surface area contributed by atoms with E-state index in [1.807, 2.05) is 31.2 Å². The van der Waals surface area contributed by atoms with E-state index < -0.39 is 10.8 Å². The summed E-state index contributed by atoms with van der Waals surface area (Å²) >= 11 is 0. The summed E-state index contributed by atoms with van der Waals surface area (Å²) in [5, 5.41) is -0.329. The van der Waals surface area contributed by atoms with Crippen molar-refractivity contribution in [3.63, 3.8) is 0 Å². The Kier molecular flexibility index (Phi) is 2.94. The SMILES string of the molecule is Cc1ccc(S(=O)[C@@H]2C(=O)C=C3CCC[C@H]32)cc1. The summed E-state index contributed by atoms with van der Waals surface area (Å²) < 4.78 is 12.6. The predicted molar refractivity (Wildman–Crippen MR) is 71.8 cm³/mol. The zero-order chi connectivity index (χ0) is 12.7. The van der Waals surface area contributed by atoms with E-state index in [1.54, 1.807) is 6.08 Å². The Balaban J connectivity index is 1.89. The lowest BCUT2D eigenvalue weighted by molar-refractivity contribution is -0.114. The Bertz CT molecular complexity index is 542. The van der Waals surface area contributed by atoms with Gasteiger partial charge in [0.1, 0.15) is 5.25 Å². The van der Waals surface area contributed by atoms with Gasteiger partial charge < -0.3 is 0 Å². The van der Waals surface area contributed by atoms with Crippen molar-refractivity contribution in [3.8, 4) is 0 Å². The Hall–Kier alpha value is -1.22. The van der Waals surface area contributed by atoms with Gasteiger partial charge in [0.25, 0.3) is 0 Å². The molecular formula is C15H16O2S. The van der Waals surface area contributed by atoms with Crippen LogP contribution in [-0.4, -0.2) is 15.2 Å². The lowest BCUT2D eigenvalue weighted by Gasteiger charge is -2.16. The first-order chi connectivity index (χ1) is 8.66. The molecule has 0 N–H and O–H groups in total. The number of benzene rings is 1. The number of aryl methyl sites for hydroxylation is 1. The molecule has 0 bridgehead atoms. The molecule has 0 radical (unpaired) electrons. The quantitative estimate of drug-likeness (QED) is 0.819. The fraction of sp³-hybridized carbons (Fsp3) is 0.400. The van der Waals surface area contributed by atoms with E-state index in [2.05, 4.69) is 0 Å². The Morgan fingerprint density at radius 3 is 2.67 bits per heavy atom. The van der Waals surface area contributed by atoms with E-state index in [0.717, 1.165) is 29.7 Å². The molecule has 0 aliphatic heterocycles. The lowest BCUT2D eigenvalue weighted by atomic mass is 10.1. The van der Waals surface area contributed by atoms with Gasteiger partial charge in [-0.05, 0) is 44.4 Å². The first-order valence-corrected chi connectivity index (χ1v) is 7.59. The summed E-state index contributed by atoms with van der Waals surface area (Å²) in [5.74, 6) is 0.299. The average molecular weight is 260 g/mol. The predicted octanol–water partition coefficient (Wildman–Crippen LogP) is 2.78. The highest BCUT2D eigenvalue weighted by molar-refractivity contribution is 7.86. The molecule has 1 unspecified atom stereocenters. The maximum atomic E-state index is 12.6. The van der Waals surface area contributed by atoms with Gasteiger partial charge in [0, 0.05) is 10.8 Å². The van der Waals surface area contributed by atoms with Crippen molar-refractivity contribution >= 4 is 16.6 Å². The van der Waals surface area contributed by atoms with Crippen LogP contribution in [0.25, 0.3) is 0 Å². The third-order valence-corrected chi connectivity index (χ3v) is 5.67. The number of carbonyl (C=O) groups is 1. The van der Waals surface area contributed by atoms with Crippen LogP contribution in [0.1, 0.15) is 24.8 Å². The summed E-state index contributed by atoms with van der Waals surface area (Å²) in [4.78, 5) is 12.8. The molecule has 18 heavy (non-hydrogen) atoms. The minimum absolute atomic E-state index is 0.0635. The van der Waals surface area contributed by atoms with Crippen molar-refractivity contribution in [2.75, 3.05) is 0 Å². The van der Waals surface area contributed by atoms with Crippen LogP contribution in [0, 0.1) is 12.8 Å². The molecule has 1 aromatic rings. The van der Waals surface area contributed by atoms with Crippen molar-refractivity contribution in [3.05, 3.63) is 41.5 Å². The summed E-state index contributed by atoms with van der Waals surface area (Å²) in [5.41, 5.74) is 2.37. The van der Waals surface area contributed by atoms with E-state index >= 15 is 0 Å². The van der Waals surface area contributed by atoms with Gasteiger partial charge in [-0.2, -0.15) is 0 Å². The maximum absolute atomic E-state index is 12.6. The van der Waals surface area contributed by atoms with Crippen molar-refractivity contribution in [1.82, 2.24) is 0 Å². The molecule has 0 heterocycles. The van der Waals surface area contributed by atoms with Crippen LogP contribution in [0.3, 0.4) is 0 Å². The molecule has 2 aliphatic carbocycles. The molecule has 0 spiro atoms. The van der Waals surface area contributed by atoms with Crippen LogP contribution < -0.4 is 0 Å². The summed E-state index contributed by atoms with van der Waals surface area (Å²) in [6.45, 7) is 2.00. The number of carbonyl (C=O) groups excluding carboxylic acids is 1. The second kappa shape index (κ2) is 4.47. The largest absolute Gasteiger partial charge is 0.293 e. The summed E-state index contributed by atoms with van der Waals surface area (Å²) in [6, 6.07) is 7.67. The summed E-state index contributed by atoms with van der Waals surface area (Å²) in [6.07, 6.45) is 4.90. The number of hydrogen-bond donors (Lipinski definition) is 0. The van der Waals surface area contributed by atoms with E-state index in [1.165, 1.54) is 5.57 Å². The van der Waals surface area contributed by atoms with Crippen LogP contribution in [0.15, 0.2) is 40.8 Å². The molecule has 2 aliphatic rings. The van der Waals surface area contributed by atoms with Crippen molar-refractivity contribution < 1.29 is 9.00 Å². The smallest absolute Gasteiger partial charge is 0.172 e. The van der Waals surface area contributed by atoms with Crippen molar-refractivity contribution in [1.29, 1.82) is 0 Å². The standard InChI is InChI=1S/C15H16O2S/c1-10-5-7-12(8-6-10)18(17)15-13-4-2-3-11(13)9-14(15)16/h5-9,13,15H,2-4H2,1H3/t13-,15+,18?/m1/s1. The number of hydrogen-bond acceptors (Lipinski definition) is 2. The minimum atomic E-state index is -1.21. The molecule has 3 atom stereocenters. The average Bonchev–Trinajstić information content (AvgIpc) is 2.89. The van der Waals surface area contributed by atoms with E-state index in [0.29, 0.717) is 0 Å². The van der Waals surface area contributed by atoms with Gasteiger partial charge in [0.05, 0.1) is 10.8 Å². The van der Waals surface area contributed by atoms with Crippen LogP contribution in [-0.2, 0) is 15.6 Å². The number of fused-ring (bicyclic) bond motifs is 1. The zero-order valence-electron chi connectivity index (χ0n) is 10.4. The van der Waals surface area contributed by atoms with Crippen LogP contribution in [0.4, 0.5) is 0 Å². The highest BCUT2D eigenvalue weighted by atomic mass is 32.2. The number of ketones is 1. The van der Waals surface area contributed by atoms with Gasteiger partial charge in [-0.25, -0.2) is 0 Å². The molecule has 94 valence electrons. The molecule has 1 aromatic carbocycles. The maximum Gasteiger partial charge on any atom is 0.172 e. The number of rotatable bonds is 2. The first kappa shape index (κ1) is 11.8. The normalized spacial score (nSPS) is 28.1. The molecule has 0 aromatic heterocycles. The Morgan fingerprint density at radius 2 is 1.94 bits per heavy atom. The van der Waals surface area contributed by atoms with Gasteiger partial charge in [-0.1, -0.05) is 23.3 Å². The van der Waals surface area contributed by atoms with Gasteiger partial charge in [0.2, 0.25) is 0 Å². The number of allylic oxidation sites excluding steroid dienone is 2. The van der Waals surface area contributed by atoms with Crippen LogP contribution in [0.2, 0.25) is 0 Å². The minimum Gasteiger partial charge on any atom is -0.293 e. The first-order valence-electron chi connectivity index (χ1n) is 6.38. The molecule has 0 saturated heterocycles. The monoisotopic (exact) mass is 260 g/mol. The Morgan fingerprint density at radius 1 is 1.22 bits per heavy atom. The molecule has 1 fully saturated rings. The third kappa shape index (κ3) is 1.87. The van der Waals surface area contributed by atoms with Gasteiger partial charge in [-0.15, -0.1) is 0 Å². The van der Waals surface area contributed by atoms with Crippen molar-refractivity contribution in [2.24, 2.45) is 5.92 Å². The van der Waals surface area contributed by atoms with Gasteiger partial charge >= 0.3 is 0 Å². The second-order valence-electron chi connectivity index (χ2n) is 5.15. The third-order valence-electron chi connectivity index (χ3n) is 3.91. The molecule has 0 amide bonds. The van der Waals surface area contributed by atoms with E-state index in [9.17, 15) is 9.00 Å². The zero-order valence-corrected chi connectivity index (χ0v) is 11.2. The van der Waals surface area contributed by atoms with Gasteiger partial charge in [0.15, 0.2) is 5.78 Å². The fourth-order valence-electron chi connectivity index (χ4n) is 2.96. The van der Waals surface area contributed by atoms with Crippen LogP contribution in [0.5, 0.6) is 0 Å². The topological polar surface area (TPSA) is 34.1 Å². The second-order valence-corrected chi connectivity index (χ2v) is 6.73. The van der Waals surface area contributed by atoms with Gasteiger partial charge in [-0.3, -0.25) is 9.00 Å². The molecule has 3 heteroatoms. The van der Waals surface area contributed by atoms with Crippen LogP contribution >= 0.6 is 0 Å². The summed E-state index contributed by atoms with van der Waals surface area (Å²) in [7, 11) is -1.21. The van der Waals surface area contributed by atoms with E-state index in [4.69, 9.17) is 0 Å². The van der Waals surface area contributed by atoms with Crippen molar-refractivity contribution in [2.45, 2.75) is 36.3 Å². The molecule has 1 saturated carbocycles. The molecule has 3 rings (SSSR count). The molecular weight excluding hydrogens is 244 g/mol.